The lowest BCUT2D eigenvalue weighted by atomic mass is 10.00. The topological polar surface area (TPSA) is 61.9 Å². The van der Waals surface area contributed by atoms with Crippen molar-refractivity contribution >= 4 is 17.5 Å². The number of hydrogen-bond donors (Lipinski definition) is 1. The first-order chi connectivity index (χ1) is 10.9. The molecule has 124 valence electrons. The molecule has 0 saturated carbocycles. The highest BCUT2D eigenvalue weighted by Crippen LogP contribution is 2.35. The zero-order valence-electron chi connectivity index (χ0n) is 13.9. The lowest BCUT2D eigenvalue weighted by Crippen LogP contribution is -2.62. The Labute approximate surface area is 136 Å². The molecule has 23 heavy (non-hydrogen) atoms. The van der Waals surface area contributed by atoms with E-state index in [1.54, 1.807) is 17.9 Å². The lowest BCUT2D eigenvalue weighted by Gasteiger charge is -2.40. The van der Waals surface area contributed by atoms with Crippen molar-refractivity contribution in [2.75, 3.05) is 38.0 Å². The molecule has 0 aliphatic carbocycles. The van der Waals surface area contributed by atoms with Crippen molar-refractivity contribution in [2.45, 2.75) is 26.4 Å². The second-order valence-electron chi connectivity index (χ2n) is 6.32. The molecule has 6 nitrogen and oxygen atoms in total. The van der Waals surface area contributed by atoms with Crippen LogP contribution in [0.25, 0.3) is 0 Å². The number of amides is 2. The standard InChI is InChI=1S/C17H23N3O3/c1-4-19-7-9-20(10-8-19)16(22)17(3)15(21)18-13-11-12(2)5-6-14(13)23-17/h5-6,11H,4,7-10H2,1-3H3,(H,18,21). The van der Waals surface area contributed by atoms with Crippen molar-refractivity contribution in [2.24, 2.45) is 0 Å². The summed E-state index contributed by atoms with van der Waals surface area (Å²) in [6.07, 6.45) is 0. The van der Waals surface area contributed by atoms with Crippen LogP contribution < -0.4 is 10.1 Å². The predicted octanol–water partition coefficient (Wildman–Crippen LogP) is 1.25. The molecule has 2 aliphatic heterocycles. The molecule has 0 aromatic heterocycles. The highest BCUT2D eigenvalue weighted by molar-refractivity contribution is 6.15. The van der Waals surface area contributed by atoms with Crippen molar-refractivity contribution < 1.29 is 14.3 Å². The number of likely N-dealkylation sites (N-methyl/N-ethyl adjacent to an activating group) is 1. The minimum atomic E-state index is -1.50. The molecule has 2 aliphatic rings. The second-order valence-corrected chi connectivity index (χ2v) is 6.32. The quantitative estimate of drug-likeness (QED) is 0.834. The van der Waals surface area contributed by atoms with Gasteiger partial charge < -0.3 is 19.9 Å². The van der Waals surface area contributed by atoms with Gasteiger partial charge in [-0.25, -0.2) is 0 Å². The number of aryl methyl sites for hydroxylation is 1. The van der Waals surface area contributed by atoms with Crippen LogP contribution in [0.3, 0.4) is 0 Å². The van der Waals surface area contributed by atoms with Crippen LogP contribution in [0.2, 0.25) is 0 Å². The van der Waals surface area contributed by atoms with E-state index in [4.69, 9.17) is 4.74 Å². The first-order valence-electron chi connectivity index (χ1n) is 8.07. The van der Waals surface area contributed by atoms with Crippen molar-refractivity contribution in [3.63, 3.8) is 0 Å². The maximum atomic E-state index is 12.9. The van der Waals surface area contributed by atoms with E-state index in [0.29, 0.717) is 24.5 Å². The van der Waals surface area contributed by atoms with Crippen LogP contribution in [0.1, 0.15) is 19.4 Å². The average Bonchev–Trinajstić information content (AvgIpc) is 2.56. The van der Waals surface area contributed by atoms with Crippen molar-refractivity contribution in [3.05, 3.63) is 23.8 Å². The third-order valence-electron chi connectivity index (χ3n) is 4.65. The summed E-state index contributed by atoms with van der Waals surface area (Å²) in [6.45, 7) is 9.49. The first-order valence-corrected chi connectivity index (χ1v) is 8.07. The van der Waals surface area contributed by atoms with Gasteiger partial charge in [0.15, 0.2) is 0 Å². The van der Waals surface area contributed by atoms with Crippen molar-refractivity contribution in [1.29, 1.82) is 0 Å². The molecule has 1 aromatic carbocycles. The average molecular weight is 317 g/mol. The Kier molecular flexibility index (Phi) is 4.02. The summed E-state index contributed by atoms with van der Waals surface area (Å²) >= 11 is 0. The van der Waals surface area contributed by atoms with Crippen molar-refractivity contribution in [3.8, 4) is 5.75 Å². The number of ether oxygens (including phenoxy) is 1. The summed E-state index contributed by atoms with van der Waals surface area (Å²) in [4.78, 5) is 29.4. The van der Waals surface area contributed by atoms with Crippen LogP contribution in [-0.4, -0.2) is 59.9 Å². The minimum Gasteiger partial charge on any atom is -0.466 e. The third kappa shape index (κ3) is 2.79. The van der Waals surface area contributed by atoms with Gasteiger partial charge in [-0.1, -0.05) is 13.0 Å². The molecule has 2 amide bonds. The summed E-state index contributed by atoms with van der Waals surface area (Å²) in [5.74, 6) is -0.131. The van der Waals surface area contributed by atoms with Gasteiger partial charge in [-0.15, -0.1) is 0 Å². The monoisotopic (exact) mass is 317 g/mol. The number of nitrogens with zero attached hydrogens (tertiary/aromatic N) is 2. The predicted molar refractivity (Wildman–Crippen MR) is 87.5 cm³/mol. The van der Waals surface area contributed by atoms with E-state index in [-0.39, 0.29) is 5.91 Å². The fourth-order valence-electron chi connectivity index (χ4n) is 3.05. The van der Waals surface area contributed by atoms with Crippen LogP contribution >= 0.6 is 0 Å². The summed E-state index contributed by atoms with van der Waals surface area (Å²) in [5.41, 5.74) is 0.144. The van der Waals surface area contributed by atoms with Crippen LogP contribution in [0.4, 0.5) is 5.69 Å². The van der Waals surface area contributed by atoms with Crippen molar-refractivity contribution in [1.82, 2.24) is 9.80 Å². The summed E-state index contributed by atoms with van der Waals surface area (Å²) in [7, 11) is 0. The van der Waals surface area contributed by atoms with Gasteiger partial charge >= 0.3 is 0 Å². The van der Waals surface area contributed by atoms with Gasteiger partial charge in [0.1, 0.15) is 5.75 Å². The van der Waals surface area contributed by atoms with Gasteiger partial charge in [-0.2, -0.15) is 0 Å². The molecular formula is C17H23N3O3. The van der Waals surface area contributed by atoms with E-state index in [0.717, 1.165) is 25.2 Å². The number of nitrogens with one attached hydrogen (secondary N) is 1. The Balaban J connectivity index is 1.80. The normalized spacial score (nSPS) is 24.7. The number of anilines is 1. The lowest BCUT2D eigenvalue weighted by molar-refractivity contribution is -0.155. The van der Waals surface area contributed by atoms with E-state index in [1.165, 1.54) is 0 Å². The second kappa shape index (κ2) is 5.85. The van der Waals surface area contributed by atoms with Gasteiger partial charge in [0.2, 0.25) is 0 Å². The zero-order chi connectivity index (χ0) is 16.6. The molecule has 2 heterocycles. The van der Waals surface area contributed by atoms with Gasteiger partial charge in [0.05, 0.1) is 5.69 Å². The molecule has 3 rings (SSSR count). The van der Waals surface area contributed by atoms with E-state index in [2.05, 4.69) is 17.1 Å². The number of carbonyl (C=O) groups is 2. The van der Waals surface area contributed by atoms with Crippen LogP contribution in [0, 0.1) is 6.92 Å². The van der Waals surface area contributed by atoms with Crippen LogP contribution in [-0.2, 0) is 9.59 Å². The molecule has 1 saturated heterocycles. The zero-order valence-corrected chi connectivity index (χ0v) is 13.9. The number of piperazine rings is 1. The van der Waals surface area contributed by atoms with Gasteiger partial charge in [-0.3, -0.25) is 9.59 Å². The summed E-state index contributed by atoms with van der Waals surface area (Å²) in [6, 6.07) is 5.54. The molecule has 0 radical (unpaired) electrons. The maximum Gasteiger partial charge on any atom is 0.278 e. The number of carbonyl (C=O) groups excluding carboxylic acids is 2. The third-order valence-corrected chi connectivity index (χ3v) is 4.65. The van der Waals surface area contributed by atoms with Crippen LogP contribution in [0.5, 0.6) is 5.75 Å². The molecular weight excluding hydrogens is 294 g/mol. The fraction of sp³-hybridized carbons (Fsp3) is 0.529. The van der Waals surface area contributed by atoms with Gasteiger partial charge in [0.25, 0.3) is 17.4 Å². The van der Waals surface area contributed by atoms with Gasteiger partial charge in [0, 0.05) is 26.2 Å². The molecule has 6 heteroatoms. The number of fused-ring (bicyclic) bond motifs is 1. The van der Waals surface area contributed by atoms with E-state index < -0.39 is 11.5 Å². The molecule has 1 aromatic rings. The Morgan fingerprint density at radius 2 is 2.00 bits per heavy atom. The fourth-order valence-corrected chi connectivity index (χ4v) is 3.05. The summed E-state index contributed by atoms with van der Waals surface area (Å²) in [5, 5.41) is 2.81. The molecule has 1 atom stereocenters. The number of benzene rings is 1. The first kappa shape index (κ1) is 15.8. The Morgan fingerprint density at radius 3 is 2.65 bits per heavy atom. The van der Waals surface area contributed by atoms with E-state index >= 15 is 0 Å². The molecule has 1 unspecified atom stereocenters. The highest BCUT2D eigenvalue weighted by atomic mass is 16.5. The smallest absolute Gasteiger partial charge is 0.278 e. The minimum absolute atomic E-state index is 0.267. The Bertz CT molecular complexity index is 638. The Morgan fingerprint density at radius 1 is 1.30 bits per heavy atom. The highest BCUT2D eigenvalue weighted by Gasteiger charge is 2.49. The maximum absolute atomic E-state index is 12.9. The number of hydrogen-bond acceptors (Lipinski definition) is 4. The van der Waals surface area contributed by atoms with E-state index in [9.17, 15) is 9.59 Å². The molecule has 0 spiro atoms. The SMILES string of the molecule is CCN1CCN(C(=O)C2(C)Oc3ccc(C)cc3NC2=O)CC1. The Hall–Kier alpha value is -2.08. The van der Waals surface area contributed by atoms with Gasteiger partial charge in [-0.05, 0) is 38.1 Å². The largest absolute Gasteiger partial charge is 0.466 e. The van der Waals surface area contributed by atoms with E-state index in [1.807, 2.05) is 19.1 Å². The molecule has 1 N–H and O–H groups in total. The van der Waals surface area contributed by atoms with Crippen LogP contribution in [0.15, 0.2) is 18.2 Å². The molecule has 0 bridgehead atoms. The number of rotatable bonds is 2. The summed E-state index contributed by atoms with van der Waals surface area (Å²) < 4.78 is 5.84. The molecule has 1 fully saturated rings.